The highest BCUT2D eigenvalue weighted by molar-refractivity contribution is 5.38. The molecule has 2 N–H and O–H groups in total. The van der Waals surface area contributed by atoms with Crippen molar-refractivity contribution in [1.29, 1.82) is 10.5 Å². The third-order valence-corrected chi connectivity index (χ3v) is 4.38. The van der Waals surface area contributed by atoms with Crippen LogP contribution >= 0.6 is 0 Å². The zero-order chi connectivity index (χ0) is 14.7. The van der Waals surface area contributed by atoms with Crippen molar-refractivity contribution in [2.75, 3.05) is 34.2 Å². The number of piperazine rings is 1. The lowest BCUT2D eigenvalue weighted by atomic mass is 9.88. The molecule has 6 heteroatoms. The van der Waals surface area contributed by atoms with Gasteiger partial charge in [0.2, 0.25) is 0 Å². The van der Waals surface area contributed by atoms with Crippen LogP contribution in [0.25, 0.3) is 0 Å². The van der Waals surface area contributed by atoms with Crippen molar-refractivity contribution in [3.05, 3.63) is 11.4 Å². The van der Waals surface area contributed by atoms with E-state index in [1.807, 2.05) is 12.1 Å². The molecule has 0 aromatic rings. The third-order valence-electron chi connectivity index (χ3n) is 4.38. The number of nitrogens with zero attached hydrogens (tertiary/aromatic N) is 4. The van der Waals surface area contributed by atoms with Gasteiger partial charge in [-0.2, -0.15) is 10.5 Å². The molecule has 2 saturated heterocycles. The summed E-state index contributed by atoms with van der Waals surface area (Å²) in [6.07, 6.45) is 2.07. The fourth-order valence-corrected chi connectivity index (χ4v) is 3.31. The molecule has 0 spiro atoms. The second-order valence-corrected chi connectivity index (χ2v) is 5.73. The molecule has 2 fully saturated rings. The van der Waals surface area contributed by atoms with Crippen molar-refractivity contribution in [1.82, 2.24) is 20.4 Å². The van der Waals surface area contributed by atoms with Gasteiger partial charge in [-0.15, -0.1) is 0 Å². The number of fused-ring (bicyclic) bond motifs is 2. The second kappa shape index (κ2) is 6.13. The Morgan fingerprint density at radius 3 is 2.10 bits per heavy atom. The van der Waals surface area contributed by atoms with Gasteiger partial charge < -0.3 is 15.5 Å². The van der Waals surface area contributed by atoms with Crippen molar-refractivity contribution < 1.29 is 0 Å². The number of nitriles is 2. The first-order valence-electron chi connectivity index (χ1n) is 6.98. The summed E-state index contributed by atoms with van der Waals surface area (Å²) >= 11 is 0. The molecule has 6 nitrogen and oxygen atoms in total. The van der Waals surface area contributed by atoms with Crippen LogP contribution in [0.15, 0.2) is 11.4 Å². The van der Waals surface area contributed by atoms with Crippen molar-refractivity contribution in [2.45, 2.75) is 31.0 Å². The van der Waals surface area contributed by atoms with Gasteiger partial charge in [0.1, 0.15) is 18.0 Å². The van der Waals surface area contributed by atoms with Crippen LogP contribution in [-0.2, 0) is 0 Å². The Morgan fingerprint density at radius 2 is 1.65 bits per heavy atom. The molecule has 20 heavy (non-hydrogen) atoms. The van der Waals surface area contributed by atoms with Crippen LogP contribution in [0.2, 0.25) is 0 Å². The average Bonchev–Trinajstić information content (AvgIpc) is 2.41. The molecule has 2 atom stereocenters. The summed E-state index contributed by atoms with van der Waals surface area (Å²) < 4.78 is 0. The molecule has 0 aromatic carbocycles. The van der Waals surface area contributed by atoms with E-state index in [-0.39, 0.29) is 5.57 Å². The van der Waals surface area contributed by atoms with E-state index in [4.69, 9.17) is 10.5 Å². The van der Waals surface area contributed by atoms with E-state index in [0.29, 0.717) is 23.9 Å². The minimum absolute atomic E-state index is 0.119. The van der Waals surface area contributed by atoms with E-state index in [9.17, 15) is 0 Å². The van der Waals surface area contributed by atoms with Crippen LogP contribution in [0.5, 0.6) is 0 Å². The first kappa shape index (κ1) is 14.6. The Kier molecular flexibility index (Phi) is 4.49. The first-order chi connectivity index (χ1) is 9.58. The molecule has 0 aliphatic carbocycles. The standard InChI is InChI=1S/C14H22N6/c1-17-14(10(6-15)7-16)18-11-4-12-8-19(2)9-13(5-11)20(12)3/h11-13,17-18H,4-5,8-9H2,1-3H3. The molecule has 2 rings (SSSR count). The SMILES string of the molecule is CNC(NC1CC2CN(C)CC(C1)N2C)=C(C#N)C#N. The van der Waals surface area contributed by atoms with Gasteiger partial charge in [0.05, 0.1) is 0 Å². The molecule has 2 aliphatic rings. The summed E-state index contributed by atoms with van der Waals surface area (Å²) in [4.78, 5) is 4.85. The van der Waals surface area contributed by atoms with Gasteiger partial charge in [-0.3, -0.25) is 4.90 Å². The summed E-state index contributed by atoms with van der Waals surface area (Å²) in [5, 5.41) is 24.2. The van der Waals surface area contributed by atoms with Gasteiger partial charge >= 0.3 is 0 Å². The fourth-order valence-electron chi connectivity index (χ4n) is 3.31. The third kappa shape index (κ3) is 2.87. The van der Waals surface area contributed by atoms with Crippen LogP contribution in [-0.4, -0.2) is 62.2 Å². The predicted octanol–water partition coefficient (Wildman–Crippen LogP) is -0.169. The molecule has 2 heterocycles. The Hall–Kier alpha value is -1.76. The van der Waals surface area contributed by atoms with Gasteiger partial charge in [-0.05, 0) is 26.9 Å². The van der Waals surface area contributed by atoms with Crippen molar-refractivity contribution in [3.8, 4) is 12.1 Å². The quantitative estimate of drug-likeness (QED) is 0.696. The monoisotopic (exact) mass is 274 g/mol. The Balaban J connectivity index is 2.08. The van der Waals surface area contributed by atoms with Crippen LogP contribution in [0.4, 0.5) is 0 Å². The Bertz CT molecular complexity index is 439. The number of rotatable bonds is 3. The van der Waals surface area contributed by atoms with E-state index in [1.54, 1.807) is 7.05 Å². The maximum Gasteiger partial charge on any atom is 0.169 e. The minimum atomic E-state index is 0.119. The minimum Gasteiger partial charge on any atom is -0.373 e. The molecule has 2 aliphatic heterocycles. The summed E-state index contributed by atoms with van der Waals surface area (Å²) in [5.74, 6) is 0.552. The molecule has 0 saturated carbocycles. The number of allylic oxidation sites excluding steroid dienone is 1. The smallest absolute Gasteiger partial charge is 0.169 e. The number of nitrogens with one attached hydrogen (secondary N) is 2. The molecular weight excluding hydrogens is 252 g/mol. The molecule has 2 unspecified atom stereocenters. The summed E-state index contributed by atoms with van der Waals surface area (Å²) in [6, 6.07) is 5.26. The van der Waals surface area contributed by atoms with Gasteiger partial charge in [0.15, 0.2) is 5.57 Å². The van der Waals surface area contributed by atoms with E-state index >= 15 is 0 Å². The molecule has 0 amide bonds. The highest BCUT2D eigenvalue weighted by atomic mass is 15.3. The average molecular weight is 274 g/mol. The van der Waals surface area contributed by atoms with Crippen LogP contribution in [0, 0.1) is 22.7 Å². The summed E-state index contributed by atoms with van der Waals surface area (Å²) in [7, 11) is 6.10. The number of hydrogen-bond acceptors (Lipinski definition) is 6. The number of hydrogen-bond donors (Lipinski definition) is 2. The van der Waals surface area contributed by atoms with Crippen molar-refractivity contribution >= 4 is 0 Å². The number of piperidine rings is 1. The molecule has 108 valence electrons. The molecular formula is C14H22N6. The Labute approximate surface area is 120 Å². The lowest BCUT2D eigenvalue weighted by Crippen LogP contribution is -2.62. The highest BCUT2D eigenvalue weighted by Gasteiger charge is 2.38. The summed E-state index contributed by atoms with van der Waals surface area (Å²) in [6.45, 7) is 2.15. The van der Waals surface area contributed by atoms with Crippen LogP contribution in [0.3, 0.4) is 0 Å². The van der Waals surface area contributed by atoms with Crippen molar-refractivity contribution in [3.63, 3.8) is 0 Å². The van der Waals surface area contributed by atoms with E-state index in [0.717, 1.165) is 25.9 Å². The number of likely N-dealkylation sites (N-methyl/N-ethyl adjacent to an activating group) is 2. The normalized spacial score (nSPS) is 29.9. The largest absolute Gasteiger partial charge is 0.373 e. The molecule has 2 bridgehead atoms. The lowest BCUT2D eigenvalue weighted by Gasteiger charge is -2.50. The summed E-state index contributed by atoms with van der Waals surface area (Å²) in [5.41, 5.74) is 0.119. The second-order valence-electron chi connectivity index (χ2n) is 5.73. The Morgan fingerprint density at radius 1 is 1.10 bits per heavy atom. The predicted molar refractivity (Wildman–Crippen MR) is 76.3 cm³/mol. The van der Waals surface area contributed by atoms with Gasteiger partial charge in [-0.25, -0.2) is 0 Å². The highest BCUT2D eigenvalue weighted by Crippen LogP contribution is 2.27. The van der Waals surface area contributed by atoms with E-state index in [2.05, 4.69) is 34.5 Å². The first-order valence-corrected chi connectivity index (χ1v) is 6.98. The molecule has 0 aromatic heterocycles. The van der Waals surface area contributed by atoms with E-state index < -0.39 is 0 Å². The van der Waals surface area contributed by atoms with E-state index in [1.165, 1.54) is 0 Å². The lowest BCUT2D eigenvalue weighted by molar-refractivity contribution is 0.00935. The van der Waals surface area contributed by atoms with Crippen molar-refractivity contribution in [2.24, 2.45) is 0 Å². The van der Waals surface area contributed by atoms with Gasteiger partial charge in [-0.1, -0.05) is 0 Å². The van der Waals surface area contributed by atoms with Gasteiger partial charge in [0, 0.05) is 38.3 Å². The number of likely N-dealkylation sites (tertiary alicyclic amines) is 1. The maximum atomic E-state index is 8.97. The van der Waals surface area contributed by atoms with Crippen LogP contribution < -0.4 is 10.6 Å². The zero-order valence-electron chi connectivity index (χ0n) is 12.3. The van der Waals surface area contributed by atoms with Crippen LogP contribution in [0.1, 0.15) is 12.8 Å². The topological polar surface area (TPSA) is 78.1 Å². The molecule has 0 radical (unpaired) electrons. The maximum absolute atomic E-state index is 8.97. The van der Waals surface area contributed by atoms with Gasteiger partial charge in [0.25, 0.3) is 0 Å². The fraction of sp³-hybridized carbons (Fsp3) is 0.714. The zero-order valence-corrected chi connectivity index (χ0v) is 12.3.